The van der Waals surface area contributed by atoms with Gasteiger partial charge in [0.15, 0.2) is 0 Å². The molecule has 0 saturated heterocycles. The van der Waals surface area contributed by atoms with Crippen LogP contribution in [0.25, 0.3) is 0 Å². The Kier molecular flexibility index (Phi) is 4.90. The highest BCUT2D eigenvalue weighted by Crippen LogP contribution is 2.39. The lowest BCUT2D eigenvalue weighted by molar-refractivity contribution is -0.148. The van der Waals surface area contributed by atoms with Crippen molar-refractivity contribution in [3.63, 3.8) is 0 Å². The number of benzene rings is 2. The van der Waals surface area contributed by atoms with E-state index in [1.165, 1.54) is 11.4 Å². The number of para-hydroxylation sites is 2. The number of anilines is 1. The maximum Gasteiger partial charge on any atom is 0.348 e. The number of hydrogen-bond acceptors (Lipinski definition) is 5. The number of carbonyl (C=O) groups excluding carboxylic acids is 1. The molecule has 1 atom stereocenters. The molecule has 144 valence electrons. The predicted molar refractivity (Wildman–Crippen MR) is 103 cm³/mol. The highest BCUT2D eigenvalue weighted by molar-refractivity contribution is 7.93. The molecule has 2 aromatic carbocycles. The minimum absolute atomic E-state index is 0.141. The summed E-state index contributed by atoms with van der Waals surface area (Å²) in [6.45, 7) is 7.26. The minimum Gasteiger partial charge on any atom is -0.475 e. The van der Waals surface area contributed by atoms with Crippen LogP contribution in [0.4, 0.5) is 5.69 Å². The summed E-state index contributed by atoms with van der Waals surface area (Å²) < 4.78 is 39.0. The number of sulfonamides is 1. The first-order valence-corrected chi connectivity index (χ1v) is 10.1. The molecule has 0 saturated carbocycles. The van der Waals surface area contributed by atoms with E-state index in [0.717, 1.165) is 11.1 Å². The third-order valence-corrected chi connectivity index (χ3v) is 7.10. The summed E-state index contributed by atoms with van der Waals surface area (Å²) in [5.41, 5.74) is 3.63. The molecule has 0 aromatic heterocycles. The fraction of sp³-hybridized carbons (Fsp3) is 0.350. The van der Waals surface area contributed by atoms with Crippen LogP contribution in [0.5, 0.6) is 5.75 Å². The zero-order valence-electron chi connectivity index (χ0n) is 16.1. The Morgan fingerprint density at radius 3 is 2.30 bits per heavy atom. The highest BCUT2D eigenvalue weighted by atomic mass is 32.2. The lowest BCUT2D eigenvalue weighted by Gasteiger charge is -2.35. The summed E-state index contributed by atoms with van der Waals surface area (Å²) >= 11 is 0. The number of aryl methyl sites for hydroxylation is 2. The zero-order valence-corrected chi connectivity index (χ0v) is 16.9. The van der Waals surface area contributed by atoms with E-state index in [-0.39, 0.29) is 11.4 Å². The molecule has 1 aliphatic heterocycles. The molecule has 0 N–H and O–H groups in total. The Balaban J connectivity index is 2.21. The normalized spacial score (nSPS) is 16.5. The Labute approximate surface area is 159 Å². The van der Waals surface area contributed by atoms with Crippen LogP contribution >= 0.6 is 0 Å². The number of methoxy groups -OCH3 is 1. The van der Waals surface area contributed by atoms with Gasteiger partial charge in [0.2, 0.25) is 6.10 Å². The van der Waals surface area contributed by atoms with Gasteiger partial charge in [-0.1, -0.05) is 18.2 Å². The molecule has 0 aliphatic carbocycles. The molecular formula is C20H23NO5S. The molecule has 0 amide bonds. The van der Waals surface area contributed by atoms with Gasteiger partial charge in [0, 0.05) is 0 Å². The van der Waals surface area contributed by atoms with Crippen molar-refractivity contribution in [3.05, 3.63) is 52.6 Å². The van der Waals surface area contributed by atoms with Crippen LogP contribution in [-0.2, 0) is 19.6 Å². The van der Waals surface area contributed by atoms with Crippen LogP contribution < -0.4 is 9.04 Å². The number of fused-ring (bicyclic) bond motifs is 1. The molecule has 2 aromatic rings. The highest BCUT2D eigenvalue weighted by Gasteiger charge is 2.39. The third-order valence-electron chi connectivity index (χ3n) is 5.04. The van der Waals surface area contributed by atoms with E-state index in [4.69, 9.17) is 9.47 Å². The fourth-order valence-corrected chi connectivity index (χ4v) is 5.42. The van der Waals surface area contributed by atoms with Crippen molar-refractivity contribution in [1.82, 2.24) is 0 Å². The van der Waals surface area contributed by atoms with Gasteiger partial charge in [0.25, 0.3) is 10.0 Å². The topological polar surface area (TPSA) is 72.9 Å². The summed E-state index contributed by atoms with van der Waals surface area (Å²) in [5.74, 6) is -0.277. The summed E-state index contributed by atoms with van der Waals surface area (Å²) in [4.78, 5) is 12.3. The van der Waals surface area contributed by atoms with Gasteiger partial charge < -0.3 is 9.47 Å². The Hall–Kier alpha value is -2.54. The smallest absolute Gasteiger partial charge is 0.348 e. The van der Waals surface area contributed by atoms with Crippen molar-refractivity contribution in [2.45, 2.75) is 38.7 Å². The number of esters is 1. The number of rotatable bonds is 3. The number of ether oxygens (including phenoxy) is 2. The van der Waals surface area contributed by atoms with Gasteiger partial charge in [-0.3, -0.25) is 4.31 Å². The molecule has 0 spiro atoms. The summed E-state index contributed by atoms with van der Waals surface area (Å²) in [5, 5.41) is 0. The van der Waals surface area contributed by atoms with Crippen LogP contribution in [0.15, 0.2) is 35.2 Å². The van der Waals surface area contributed by atoms with Crippen molar-refractivity contribution in [2.75, 3.05) is 18.0 Å². The van der Waals surface area contributed by atoms with Gasteiger partial charge in [-0.15, -0.1) is 0 Å². The SMILES string of the molecule is COC(=O)[C@@H]1CN(S(=O)(=O)c2c(C)c(C)cc(C)c2C)c2ccccc2O1. The Bertz CT molecular complexity index is 987. The Morgan fingerprint density at radius 1 is 1.11 bits per heavy atom. The molecule has 0 radical (unpaired) electrons. The number of carbonyl (C=O) groups is 1. The quantitative estimate of drug-likeness (QED) is 0.755. The largest absolute Gasteiger partial charge is 0.475 e. The third kappa shape index (κ3) is 3.16. The van der Waals surface area contributed by atoms with E-state index >= 15 is 0 Å². The van der Waals surface area contributed by atoms with Gasteiger partial charge in [-0.25, -0.2) is 13.2 Å². The molecule has 27 heavy (non-hydrogen) atoms. The van der Waals surface area contributed by atoms with E-state index in [2.05, 4.69) is 0 Å². The van der Waals surface area contributed by atoms with Crippen LogP contribution in [0.3, 0.4) is 0 Å². The monoisotopic (exact) mass is 389 g/mol. The average Bonchev–Trinajstić information content (AvgIpc) is 2.64. The van der Waals surface area contributed by atoms with E-state index < -0.39 is 22.1 Å². The van der Waals surface area contributed by atoms with E-state index in [1.54, 1.807) is 38.1 Å². The van der Waals surface area contributed by atoms with E-state index in [1.807, 2.05) is 19.9 Å². The molecular weight excluding hydrogens is 366 g/mol. The number of nitrogens with zero attached hydrogens (tertiary/aromatic N) is 1. The lowest BCUT2D eigenvalue weighted by atomic mass is 10.0. The zero-order chi connectivity index (χ0) is 19.9. The van der Waals surface area contributed by atoms with Crippen molar-refractivity contribution in [3.8, 4) is 5.75 Å². The van der Waals surface area contributed by atoms with E-state index in [9.17, 15) is 13.2 Å². The van der Waals surface area contributed by atoms with Crippen LogP contribution in [0.1, 0.15) is 22.3 Å². The molecule has 6 nitrogen and oxygen atoms in total. The second kappa shape index (κ2) is 6.88. The summed E-state index contributed by atoms with van der Waals surface area (Å²) in [7, 11) is -2.66. The summed E-state index contributed by atoms with van der Waals surface area (Å²) in [6.07, 6.45) is -1.02. The molecule has 0 fully saturated rings. The van der Waals surface area contributed by atoms with Crippen molar-refractivity contribution >= 4 is 21.7 Å². The van der Waals surface area contributed by atoms with Crippen molar-refractivity contribution < 1.29 is 22.7 Å². The van der Waals surface area contributed by atoms with E-state index in [0.29, 0.717) is 22.6 Å². The first kappa shape index (κ1) is 19.2. The van der Waals surface area contributed by atoms with Gasteiger partial charge in [0.05, 0.1) is 24.2 Å². The van der Waals surface area contributed by atoms with Crippen LogP contribution in [-0.4, -0.2) is 34.1 Å². The number of hydrogen-bond donors (Lipinski definition) is 0. The molecule has 1 aliphatic rings. The standard InChI is InChI=1S/C20H23NO5S/c1-12-10-13(2)15(4)19(14(12)3)27(23,24)21-11-18(20(22)25-5)26-17-9-7-6-8-16(17)21/h6-10,18H,11H2,1-5H3/t18-/m0/s1. The molecule has 0 unspecified atom stereocenters. The van der Waals surface area contributed by atoms with Gasteiger partial charge in [0.1, 0.15) is 5.75 Å². The predicted octanol–water partition coefficient (Wildman–Crippen LogP) is 3.05. The van der Waals surface area contributed by atoms with Crippen LogP contribution in [0, 0.1) is 27.7 Å². The maximum absolute atomic E-state index is 13.7. The van der Waals surface area contributed by atoms with Crippen LogP contribution in [0.2, 0.25) is 0 Å². The molecule has 3 rings (SSSR count). The maximum atomic E-state index is 13.7. The molecule has 0 bridgehead atoms. The average molecular weight is 389 g/mol. The second-order valence-electron chi connectivity index (χ2n) is 6.72. The summed E-state index contributed by atoms with van der Waals surface area (Å²) in [6, 6.07) is 8.77. The first-order chi connectivity index (χ1) is 12.7. The van der Waals surface area contributed by atoms with Crippen molar-refractivity contribution in [2.24, 2.45) is 0 Å². The van der Waals surface area contributed by atoms with Crippen molar-refractivity contribution in [1.29, 1.82) is 0 Å². The Morgan fingerprint density at radius 2 is 1.70 bits per heavy atom. The van der Waals surface area contributed by atoms with Gasteiger partial charge in [-0.2, -0.15) is 0 Å². The lowest BCUT2D eigenvalue weighted by Crippen LogP contribution is -2.47. The second-order valence-corrected chi connectivity index (χ2v) is 8.52. The first-order valence-electron chi connectivity index (χ1n) is 8.62. The fourth-order valence-electron chi connectivity index (χ4n) is 3.36. The molecule has 7 heteroatoms. The van der Waals surface area contributed by atoms with Gasteiger partial charge in [-0.05, 0) is 62.1 Å². The molecule has 1 heterocycles. The van der Waals surface area contributed by atoms with Gasteiger partial charge >= 0.3 is 5.97 Å². The minimum atomic E-state index is -3.91.